The largest absolute Gasteiger partial charge is 0.481 e. The second-order valence-corrected chi connectivity index (χ2v) is 7.50. The van der Waals surface area contributed by atoms with Crippen molar-refractivity contribution in [2.75, 3.05) is 19.6 Å². The summed E-state index contributed by atoms with van der Waals surface area (Å²) >= 11 is 1.67. The van der Waals surface area contributed by atoms with Crippen LogP contribution >= 0.6 is 11.3 Å². The Bertz CT molecular complexity index is 527. The van der Waals surface area contributed by atoms with Crippen LogP contribution in [0, 0.1) is 5.41 Å². The molecule has 0 spiro atoms. The molecule has 5 nitrogen and oxygen atoms in total. The molecule has 0 bridgehead atoms. The topological polar surface area (TPSA) is 69.6 Å². The maximum absolute atomic E-state index is 12.2. The predicted molar refractivity (Wildman–Crippen MR) is 82.7 cm³/mol. The molecule has 0 aromatic carbocycles. The van der Waals surface area contributed by atoms with E-state index in [2.05, 4.69) is 25.2 Å². The fraction of sp³-hybridized carbons (Fsp3) is 0.600. The Labute approximate surface area is 129 Å². The molecule has 1 aromatic heterocycles. The third kappa shape index (κ3) is 3.37. The average molecular weight is 310 g/mol. The maximum Gasteiger partial charge on any atom is 0.317 e. The van der Waals surface area contributed by atoms with Crippen LogP contribution in [0.25, 0.3) is 0 Å². The van der Waals surface area contributed by atoms with Gasteiger partial charge in [-0.1, -0.05) is 19.9 Å². The zero-order chi connectivity index (χ0) is 15.7. The molecule has 1 saturated heterocycles. The van der Waals surface area contributed by atoms with Crippen molar-refractivity contribution in [1.82, 2.24) is 10.2 Å². The molecule has 2 N–H and O–H groups in total. The highest BCUT2D eigenvalue weighted by molar-refractivity contribution is 7.10. The predicted octanol–water partition coefficient (Wildman–Crippen LogP) is 2.53. The van der Waals surface area contributed by atoms with Gasteiger partial charge in [0.15, 0.2) is 0 Å². The second-order valence-electron chi connectivity index (χ2n) is 6.56. The Kier molecular flexibility index (Phi) is 4.27. The number of amides is 2. The van der Waals surface area contributed by atoms with Gasteiger partial charge in [-0.15, -0.1) is 11.3 Å². The lowest BCUT2D eigenvalue weighted by Crippen LogP contribution is -2.44. The monoisotopic (exact) mass is 310 g/mol. The summed E-state index contributed by atoms with van der Waals surface area (Å²) in [6.45, 7) is 7.17. The highest BCUT2D eigenvalue weighted by Gasteiger charge is 2.42. The van der Waals surface area contributed by atoms with Crippen LogP contribution in [0.15, 0.2) is 17.5 Å². The van der Waals surface area contributed by atoms with Gasteiger partial charge in [0.1, 0.15) is 0 Å². The summed E-state index contributed by atoms with van der Waals surface area (Å²) in [4.78, 5) is 26.2. The lowest BCUT2D eigenvalue weighted by molar-refractivity contribution is -0.147. The highest BCUT2D eigenvalue weighted by Crippen LogP contribution is 2.30. The highest BCUT2D eigenvalue weighted by atomic mass is 32.1. The summed E-state index contributed by atoms with van der Waals surface area (Å²) in [5.74, 6) is -0.836. The van der Waals surface area contributed by atoms with Crippen molar-refractivity contribution in [1.29, 1.82) is 0 Å². The molecule has 2 heterocycles. The number of carboxylic acids is 1. The molecule has 1 aliphatic heterocycles. The van der Waals surface area contributed by atoms with Crippen LogP contribution in [-0.2, 0) is 10.2 Å². The van der Waals surface area contributed by atoms with E-state index in [1.165, 1.54) is 4.88 Å². The van der Waals surface area contributed by atoms with Crippen molar-refractivity contribution < 1.29 is 14.7 Å². The number of thiophene rings is 1. The van der Waals surface area contributed by atoms with Crippen LogP contribution in [0.3, 0.4) is 0 Å². The fourth-order valence-corrected chi connectivity index (χ4v) is 3.32. The van der Waals surface area contributed by atoms with Crippen LogP contribution in [0.4, 0.5) is 4.79 Å². The Morgan fingerprint density at radius 1 is 1.52 bits per heavy atom. The molecule has 1 fully saturated rings. The fourth-order valence-electron chi connectivity index (χ4n) is 2.47. The molecule has 0 aliphatic carbocycles. The molecule has 0 saturated carbocycles. The van der Waals surface area contributed by atoms with Gasteiger partial charge >= 0.3 is 12.0 Å². The molecular formula is C15H22N2O3S. The number of aliphatic carboxylic acids is 1. The normalized spacial score (nSPS) is 22.3. The van der Waals surface area contributed by atoms with E-state index in [1.54, 1.807) is 23.2 Å². The number of nitrogens with zero attached hydrogens (tertiary/aromatic N) is 1. The molecule has 6 heteroatoms. The standard InChI is InChI=1S/C15H22N2O3S/c1-14(2,11-5-4-8-21-11)9-16-13(20)17-7-6-15(3,10-17)12(18)19/h4-5,8H,6-7,9-10H2,1-3H3,(H,16,20)(H,18,19). The van der Waals surface area contributed by atoms with Crippen molar-refractivity contribution in [2.45, 2.75) is 32.6 Å². The van der Waals surface area contributed by atoms with Gasteiger partial charge in [0.05, 0.1) is 5.41 Å². The molecule has 0 radical (unpaired) electrons. The van der Waals surface area contributed by atoms with Crippen LogP contribution in [0.5, 0.6) is 0 Å². The van der Waals surface area contributed by atoms with Gasteiger partial charge in [0.25, 0.3) is 0 Å². The lowest BCUT2D eigenvalue weighted by atomic mass is 9.90. The summed E-state index contributed by atoms with van der Waals surface area (Å²) < 4.78 is 0. The summed E-state index contributed by atoms with van der Waals surface area (Å²) in [7, 11) is 0. The first kappa shape index (κ1) is 15.8. The van der Waals surface area contributed by atoms with E-state index >= 15 is 0 Å². The van der Waals surface area contributed by atoms with Crippen molar-refractivity contribution in [3.63, 3.8) is 0 Å². The van der Waals surface area contributed by atoms with E-state index < -0.39 is 11.4 Å². The van der Waals surface area contributed by atoms with Crippen molar-refractivity contribution in [2.24, 2.45) is 5.41 Å². The number of likely N-dealkylation sites (tertiary alicyclic amines) is 1. The lowest BCUT2D eigenvalue weighted by Gasteiger charge is -2.26. The zero-order valence-electron chi connectivity index (χ0n) is 12.7. The van der Waals surface area contributed by atoms with Crippen LogP contribution in [0.2, 0.25) is 0 Å². The Balaban J connectivity index is 1.90. The average Bonchev–Trinajstić information content (AvgIpc) is 3.06. The molecule has 116 valence electrons. The minimum absolute atomic E-state index is 0.125. The van der Waals surface area contributed by atoms with E-state index in [4.69, 9.17) is 0 Å². The number of hydrogen-bond acceptors (Lipinski definition) is 3. The number of urea groups is 1. The van der Waals surface area contributed by atoms with Gasteiger partial charge in [-0.3, -0.25) is 4.79 Å². The summed E-state index contributed by atoms with van der Waals surface area (Å²) in [5.41, 5.74) is -0.944. The summed E-state index contributed by atoms with van der Waals surface area (Å²) in [6.07, 6.45) is 0.504. The first-order valence-electron chi connectivity index (χ1n) is 7.05. The molecule has 21 heavy (non-hydrogen) atoms. The smallest absolute Gasteiger partial charge is 0.317 e. The first-order valence-corrected chi connectivity index (χ1v) is 7.93. The summed E-state index contributed by atoms with van der Waals surface area (Å²) in [6, 6.07) is 3.89. The molecule has 1 aromatic rings. The quantitative estimate of drug-likeness (QED) is 0.898. The van der Waals surface area contributed by atoms with Gasteiger partial charge in [-0.25, -0.2) is 4.79 Å². The maximum atomic E-state index is 12.2. The molecular weight excluding hydrogens is 288 g/mol. The Morgan fingerprint density at radius 2 is 2.24 bits per heavy atom. The minimum atomic E-state index is -0.836. The van der Waals surface area contributed by atoms with E-state index in [0.717, 1.165) is 0 Å². The van der Waals surface area contributed by atoms with Crippen LogP contribution < -0.4 is 5.32 Å². The third-order valence-electron chi connectivity index (χ3n) is 4.15. The molecule has 2 rings (SSSR count). The first-order chi connectivity index (χ1) is 9.74. The van der Waals surface area contributed by atoms with E-state index in [0.29, 0.717) is 19.5 Å². The molecule has 1 aliphatic rings. The molecule has 1 unspecified atom stereocenters. The third-order valence-corrected chi connectivity index (χ3v) is 5.38. The van der Waals surface area contributed by atoms with Crippen LogP contribution in [-0.4, -0.2) is 41.6 Å². The molecule has 1 atom stereocenters. The molecule has 2 amide bonds. The van der Waals surface area contributed by atoms with Crippen molar-refractivity contribution >= 4 is 23.3 Å². The second kappa shape index (κ2) is 5.67. The Hall–Kier alpha value is -1.56. The van der Waals surface area contributed by atoms with Crippen LogP contribution in [0.1, 0.15) is 32.1 Å². The van der Waals surface area contributed by atoms with Gasteiger partial charge in [-0.2, -0.15) is 0 Å². The Morgan fingerprint density at radius 3 is 2.76 bits per heavy atom. The van der Waals surface area contributed by atoms with E-state index in [1.807, 2.05) is 11.4 Å². The summed E-state index contributed by atoms with van der Waals surface area (Å²) in [5, 5.41) is 14.2. The van der Waals surface area contributed by atoms with Gasteiger partial charge in [0, 0.05) is 29.9 Å². The number of rotatable bonds is 4. The SMILES string of the molecule is CC1(C(=O)O)CCN(C(=O)NCC(C)(C)c2cccs2)C1. The van der Waals surface area contributed by atoms with Crippen molar-refractivity contribution in [3.8, 4) is 0 Å². The number of carboxylic acid groups (broad SMARTS) is 1. The number of nitrogens with one attached hydrogen (secondary N) is 1. The number of carbonyl (C=O) groups excluding carboxylic acids is 1. The van der Waals surface area contributed by atoms with E-state index in [-0.39, 0.29) is 18.0 Å². The van der Waals surface area contributed by atoms with Gasteiger partial charge in [-0.05, 0) is 24.8 Å². The minimum Gasteiger partial charge on any atom is -0.481 e. The zero-order valence-corrected chi connectivity index (χ0v) is 13.5. The van der Waals surface area contributed by atoms with E-state index in [9.17, 15) is 14.7 Å². The van der Waals surface area contributed by atoms with Gasteiger partial charge < -0.3 is 15.3 Å². The number of hydrogen-bond donors (Lipinski definition) is 2. The van der Waals surface area contributed by atoms with Crippen molar-refractivity contribution in [3.05, 3.63) is 22.4 Å². The number of carbonyl (C=O) groups is 2. The van der Waals surface area contributed by atoms with Gasteiger partial charge in [0.2, 0.25) is 0 Å².